The fraction of sp³-hybridized carbons (Fsp3) is 0.500. The topological polar surface area (TPSA) is 78.3 Å². The second-order valence-electron chi connectivity index (χ2n) is 5.65. The van der Waals surface area contributed by atoms with E-state index in [4.69, 9.17) is 9.47 Å². The van der Waals surface area contributed by atoms with E-state index in [2.05, 4.69) is 31.6 Å². The molecule has 7 nitrogen and oxygen atoms in total. The molecular weight excluding hydrogens is 400 g/mol. The predicted molar refractivity (Wildman–Crippen MR) is 102 cm³/mol. The van der Waals surface area contributed by atoms with E-state index in [-0.39, 0.29) is 17.6 Å². The van der Waals surface area contributed by atoms with E-state index in [1.807, 2.05) is 45.0 Å². The summed E-state index contributed by atoms with van der Waals surface area (Å²) >= 11 is 3.42. The summed E-state index contributed by atoms with van der Waals surface area (Å²) in [6.07, 6.45) is 1.97. The quantitative estimate of drug-likeness (QED) is 0.591. The number of rotatable bonds is 10. The van der Waals surface area contributed by atoms with Crippen LogP contribution in [0.5, 0.6) is 0 Å². The van der Waals surface area contributed by atoms with Crippen molar-refractivity contribution in [2.45, 2.75) is 46.1 Å². The molecule has 0 aliphatic rings. The van der Waals surface area contributed by atoms with Crippen molar-refractivity contribution in [3.63, 3.8) is 0 Å². The van der Waals surface area contributed by atoms with E-state index in [1.165, 1.54) is 0 Å². The number of amides is 1. The van der Waals surface area contributed by atoms with Crippen molar-refractivity contribution in [1.82, 2.24) is 20.3 Å². The summed E-state index contributed by atoms with van der Waals surface area (Å²) in [5.41, 5.74) is 1.32. The predicted octanol–water partition coefficient (Wildman–Crippen LogP) is 3.32. The number of aromatic nitrogens is 3. The lowest BCUT2D eigenvalue weighted by molar-refractivity contribution is -0.145. The van der Waals surface area contributed by atoms with Crippen molar-refractivity contribution < 1.29 is 14.3 Å². The van der Waals surface area contributed by atoms with Gasteiger partial charge in [-0.3, -0.25) is 4.79 Å². The first-order chi connectivity index (χ1) is 12.6. The summed E-state index contributed by atoms with van der Waals surface area (Å²) in [4.78, 5) is 12.5. The van der Waals surface area contributed by atoms with Gasteiger partial charge in [0.1, 0.15) is 0 Å². The Bertz CT molecular complexity index is 684. The number of halogens is 1. The van der Waals surface area contributed by atoms with Crippen molar-refractivity contribution in [2.75, 3.05) is 13.2 Å². The second kappa shape index (κ2) is 10.4. The molecule has 0 bridgehead atoms. The molecular formula is C18H25BrN4O3. The van der Waals surface area contributed by atoms with E-state index in [1.54, 1.807) is 10.9 Å². The van der Waals surface area contributed by atoms with Gasteiger partial charge in [0.05, 0.1) is 18.8 Å². The van der Waals surface area contributed by atoms with Gasteiger partial charge in [0, 0.05) is 17.7 Å². The highest BCUT2D eigenvalue weighted by Crippen LogP contribution is 2.19. The Morgan fingerprint density at radius 3 is 2.42 bits per heavy atom. The summed E-state index contributed by atoms with van der Waals surface area (Å²) in [7, 11) is 0. The number of benzene rings is 1. The maximum atomic E-state index is 12.5. The van der Waals surface area contributed by atoms with Crippen LogP contribution < -0.4 is 5.32 Å². The van der Waals surface area contributed by atoms with Crippen LogP contribution in [0.1, 0.15) is 49.3 Å². The minimum Gasteiger partial charge on any atom is -0.351 e. The molecule has 1 amide bonds. The number of hydrogen-bond acceptors (Lipinski definition) is 5. The minimum absolute atomic E-state index is 0.0830. The zero-order valence-corrected chi connectivity index (χ0v) is 16.9. The van der Waals surface area contributed by atoms with Crippen LogP contribution >= 0.6 is 15.9 Å². The monoisotopic (exact) mass is 424 g/mol. The zero-order chi connectivity index (χ0) is 18.9. The van der Waals surface area contributed by atoms with Gasteiger partial charge in [-0.05, 0) is 38.0 Å². The van der Waals surface area contributed by atoms with Crippen molar-refractivity contribution in [3.8, 4) is 0 Å². The highest BCUT2D eigenvalue weighted by Gasteiger charge is 2.18. The maximum absolute atomic E-state index is 12.5. The van der Waals surface area contributed by atoms with Gasteiger partial charge >= 0.3 is 0 Å². The molecule has 26 heavy (non-hydrogen) atoms. The fourth-order valence-corrected chi connectivity index (χ4v) is 2.78. The van der Waals surface area contributed by atoms with Gasteiger partial charge in [-0.2, -0.15) is 0 Å². The average molecular weight is 425 g/mol. The Kier molecular flexibility index (Phi) is 8.21. The molecule has 1 unspecified atom stereocenters. The van der Waals surface area contributed by atoms with Gasteiger partial charge in [-0.25, -0.2) is 4.68 Å². The van der Waals surface area contributed by atoms with Crippen molar-refractivity contribution in [2.24, 2.45) is 0 Å². The molecule has 2 rings (SSSR count). The van der Waals surface area contributed by atoms with Crippen LogP contribution in [0.4, 0.5) is 0 Å². The maximum Gasteiger partial charge on any atom is 0.273 e. The highest BCUT2D eigenvalue weighted by molar-refractivity contribution is 9.10. The Morgan fingerprint density at radius 1 is 1.19 bits per heavy atom. The first-order valence-corrected chi connectivity index (χ1v) is 9.56. The van der Waals surface area contributed by atoms with Crippen LogP contribution in [-0.4, -0.2) is 40.4 Å². The average Bonchev–Trinajstić information content (AvgIpc) is 3.09. The molecule has 0 aliphatic heterocycles. The van der Waals surface area contributed by atoms with Gasteiger partial charge < -0.3 is 14.8 Å². The van der Waals surface area contributed by atoms with Crippen LogP contribution in [-0.2, 0) is 16.0 Å². The molecule has 0 radical (unpaired) electrons. The van der Waals surface area contributed by atoms with Crippen molar-refractivity contribution >= 4 is 21.8 Å². The van der Waals surface area contributed by atoms with E-state index in [0.29, 0.717) is 19.8 Å². The third-order valence-corrected chi connectivity index (χ3v) is 4.33. The van der Waals surface area contributed by atoms with E-state index in [9.17, 15) is 4.79 Å². The minimum atomic E-state index is -0.409. The van der Waals surface area contributed by atoms with E-state index < -0.39 is 6.29 Å². The molecule has 0 fully saturated rings. The lowest BCUT2D eigenvalue weighted by atomic mass is 10.0. The Balaban J connectivity index is 2.00. The van der Waals surface area contributed by atoms with Crippen LogP contribution in [0, 0.1) is 0 Å². The Morgan fingerprint density at radius 2 is 1.85 bits per heavy atom. The molecule has 1 aromatic carbocycles. The van der Waals surface area contributed by atoms with Crippen LogP contribution in [0.25, 0.3) is 0 Å². The normalized spacial score (nSPS) is 12.3. The van der Waals surface area contributed by atoms with E-state index >= 15 is 0 Å². The highest BCUT2D eigenvalue weighted by atomic mass is 79.9. The molecule has 0 saturated heterocycles. The number of nitrogens with one attached hydrogen (secondary N) is 1. The summed E-state index contributed by atoms with van der Waals surface area (Å²) in [6, 6.07) is 7.82. The van der Waals surface area contributed by atoms with Gasteiger partial charge in [0.25, 0.3) is 5.91 Å². The van der Waals surface area contributed by atoms with Gasteiger partial charge in [-0.1, -0.05) is 40.2 Å². The first kappa shape index (κ1) is 20.5. The van der Waals surface area contributed by atoms with Gasteiger partial charge in [0.2, 0.25) is 0 Å². The van der Waals surface area contributed by atoms with Crippen LogP contribution in [0.15, 0.2) is 34.9 Å². The number of nitrogens with zero attached hydrogens (tertiary/aromatic N) is 3. The van der Waals surface area contributed by atoms with Crippen LogP contribution in [0.3, 0.4) is 0 Å². The molecule has 0 spiro atoms. The molecule has 1 aromatic heterocycles. The number of hydrogen-bond donors (Lipinski definition) is 1. The molecule has 1 heterocycles. The fourth-order valence-electron chi connectivity index (χ4n) is 2.52. The van der Waals surface area contributed by atoms with Crippen molar-refractivity contribution in [1.29, 1.82) is 0 Å². The zero-order valence-electron chi connectivity index (χ0n) is 15.3. The number of carbonyl (C=O) groups is 1. The molecule has 2 aromatic rings. The number of carbonyl (C=O) groups excluding carboxylic acids is 1. The molecule has 0 aliphatic carbocycles. The van der Waals surface area contributed by atoms with Gasteiger partial charge in [0.15, 0.2) is 12.0 Å². The first-order valence-electron chi connectivity index (χ1n) is 8.77. The standard InChI is InChI=1S/C18H25BrN4O3/c1-4-15(13-7-9-14(19)10-8-13)20-18(24)16-11-23(22-21-16)12-17(25-5-2)26-6-3/h7-11,15,17H,4-6,12H2,1-3H3,(H,20,24). The molecule has 1 N–H and O–H groups in total. The molecule has 8 heteroatoms. The second-order valence-corrected chi connectivity index (χ2v) is 6.57. The Hall–Kier alpha value is -1.77. The third kappa shape index (κ3) is 5.89. The van der Waals surface area contributed by atoms with Gasteiger partial charge in [-0.15, -0.1) is 5.10 Å². The molecule has 0 saturated carbocycles. The third-order valence-electron chi connectivity index (χ3n) is 3.80. The van der Waals surface area contributed by atoms with E-state index in [0.717, 1.165) is 16.5 Å². The number of ether oxygens (including phenoxy) is 2. The van der Waals surface area contributed by atoms with Crippen LogP contribution in [0.2, 0.25) is 0 Å². The summed E-state index contributed by atoms with van der Waals surface area (Å²) < 4.78 is 13.5. The lowest BCUT2D eigenvalue weighted by Gasteiger charge is -2.17. The smallest absolute Gasteiger partial charge is 0.273 e. The van der Waals surface area contributed by atoms with Crippen molar-refractivity contribution in [3.05, 3.63) is 46.2 Å². The largest absolute Gasteiger partial charge is 0.351 e. The SMILES string of the molecule is CCOC(Cn1cc(C(=O)NC(CC)c2ccc(Br)cc2)nn1)OCC. The summed E-state index contributed by atoms with van der Waals surface area (Å²) in [6.45, 7) is 7.29. The Labute approximate surface area is 162 Å². The molecule has 142 valence electrons. The molecule has 1 atom stereocenters. The summed E-state index contributed by atoms with van der Waals surface area (Å²) in [5.74, 6) is -0.254. The summed E-state index contributed by atoms with van der Waals surface area (Å²) in [5, 5.41) is 11.0. The lowest BCUT2D eigenvalue weighted by Crippen LogP contribution is -2.28.